The summed E-state index contributed by atoms with van der Waals surface area (Å²) in [5.41, 5.74) is 0. The second-order valence-corrected chi connectivity index (χ2v) is 5.14. The molecule has 0 aliphatic heterocycles. The Morgan fingerprint density at radius 1 is 1.56 bits per heavy atom. The molecule has 18 heavy (non-hydrogen) atoms. The van der Waals surface area contributed by atoms with E-state index in [1.54, 1.807) is 0 Å². The third-order valence-corrected chi connectivity index (χ3v) is 3.50. The number of rotatable bonds is 6. The zero-order valence-electron chi connectivity index (χ0n) is 9.46. The van der Waals surface area contributed by atoms with Crippen LogP contribution in [0.2, 0.25) is 0 Å². The van der Waals surface area contributed by atoms with Crippen molar-refractivity contribution < 1.29 is 27.4 Å². The number of carboxylic acid groups (broad SMARTS) is 1. The zero-order chi connectivity index (χ0) is 13.8. The van der Waals surface area contributed by atoms with Gasteiger partial charge >= 0.3 is 5.97 Å². The van der Waals surface area contributed by atoms with Crippen LogP contribution in [-0.4, -0.2) is 39.3 Å². The molecular weight excluding hydrogens is 265 g/mol. The van der Waals surface area contributed by atoms with Crippen LogP contribution in [0.4, 0.5) is 4.39 Å². The minimum atomic E-state index is -4.10. The van der Waals surface area contributed by atoms with Gasteiger partial charge in [-0.05, 0) is 18.2 Å². The van der Waals surface area contributed by atoms with E-state index in [1.165, 1.54) is 13.2 Å². The lowest BCUT2D eigenvalue weighted by atomic mass is 10.3. The summed E-state index contributed by atoms with van der Waals surface area (Å²) in [7, 11) is -2.86. The van der Waals surface area contributed by atoms with Gasteiger partial charge in [-0.25, -0.2) is 12.8 Å². The van der Waals surface area contributed by atoms with E-state index in [-0.39, 0.29) is 11.5 Å². The fourth-order valence-electron chi connectivity index (χ4n) is 1.21. The summed E-state index contributed by atoms with van der Waals surface area (Å²) in [6, 6.07) is 2.84. The van der Waals surface area contributed by atoms with E-state index < -0.39 is 27.9 Å². The van der Waals surface area contributed by atoms with Crippen LogP contribution in [0.15, 0.2) is 29.2 Å². The average Bonchev–Trinajstić information content (AvgIpc) is 2.28. The number of carbonyl (C=O) groups is 1. The van der Waals surface area contributed by atoms with Crippen molar-refractivity contribution in [3.63, 3.8) is 0 Å². The van der Waals surface area contributed by atoms with Crippen LogP contribution < -0.4 is 4.72 Å². The summed E-state index contributed by atoms with van der Waals surface area (Å²) in [5.74, 6) is -2.10. The van der Waals surface area contributed by atoms with Crippen LogP contribution in [0.3, 0.4) is 0 Å². The average molecular weight is 277 g/mol. The molecule has 1 atom stereocenters. The lowest BCUT2D eigenvalue weighted by Crippen LogP contribution is -2.43. The minimum absolute atomic E-state index is 0.329. The zero-order valence-corrected chi connectivity index (χ0v) is 10.3. The first kappa shape index (κ1) is 14.6. The van der Waals surface area contributed by atoms with E-state index in [2.05, 4.69) is 4.74 Å². The highest BCUT2D eigenvalue weighted by atomic mass is 32.2. The Morgan fingerprint density at radius 2 is 2.22 bits per heavy atom. The van der Waals surface area contributed by atoms with Crippen LogP contribution in [-0.2, 0) is 19.6 Å². The number of nitrogens with one attached hydrogen (secondary N) is 1. The van der Waals surface area contributed by atoms with Crippen LogP contribution >= 0.6 is 0 Å². The minimum Gasteiger partial charge on any atom is -0.480 e. The Kier molecular flexibility index (Phi) is 4.76. The fourth-order valence-corrected chi connectivity index (χ4v) is 2.42. The van der Waals surface area contributed by atoms with Gasteiger partial charge < -0.3 is 9.84 Å². The van der Waals surface area contributed by atoms with Gasteiger partial charge in [-0.1, -0.05) is 6.07 Å². The van der Waals surface area contributed by atoms with E-state index in [9.17, 15) is 17.6 Å². The largest absolute Gasteiger partial charge is 0.480 e. The lowest BCUT2D eigenvalue weighted by molar-refractivity contribution is -0.140. The maximum absolute atomic E-state index is 12.9. The van der Waals surface area contributed by atoms with Crippen molar-refractivity contribution >= 4 is 16.0 Å². The Morgan fingerprint density at radius 3 is 2.72 bits per heavy atom. The van der Waals surface area contributed by atoms with Gasteiger partial charge in [0.05, 0.1) is 11.5 Å². The topological polar surface area (TPSA) is 92.7 Å². The molecule has 1 aromatic rings. The Labute approximate surface area is 103 Å². The number of sulfonamides is 1. The third kappa shape index (κ3) is 3.76. The van der Waals surface area contributed by atoms with Gasteiger partial charge in [0.2, 0.25) is 10.0 Å². The van der Waals surface area contributed by atoms with E-state index >= 15 is 0 Å². The van der Waals surface area contributed by atoms with Gasteiger partial charge in [0, 0.05) is 7.11 Å². The number of benzene rings is 1. The van der Waals surface area contributed by atoms with Crippen molar-refractivity contribution in [2.24, 2.45) is 0 Å². The maximum Gasteiger partial charge on any atom is 0.324 e. The molecule has 1 unspecified atom stereocenters. The molecule has 0 aliphatic rings. The maximum atomic E-state index is 12.9. The van der Waals surface area contributed by atoms with Crippen molar-refractivity contribution in [3.05, 3.63) is 30.1 Å². The molecule has 0 amide bonds. The van der Waals surface area contributed by atoms with Gasteiger partial charge in [0.1, 0.15) is 11.9 Å². The van der Waals surface area contributed by atoms with Crippen molar-refractivity contribution in [2.75, 3.05) is 13.7 Å². The van der Waals surface area contributed by atoms with Gasteiger partial charge in [-0.15, -0.1) is 0 Å². The van der Waals surface area contributed by atoms with E-state index in [1.807, 2.05) is 4.72 Å². The highest BCUT2D eigenvalue weighted by Crippen LogP contribution is 2.11. The van der Waals surface area contributed by atoms with Crippen molar-refractivity contribution in [2.45, 2.75) is 10.9 Å². The summed E-state index contributed by atoms with van der Waals surface area (Å²) in [6.45, 7) is -0.329. The summed E-state index contributed by atoms with van der Waals surface area (Å²) in [5, 5.41) is 8.79. The normalized spacial score (nSPS) is 13.2. The molecule has 1 rings (SSSR count). The molecule has 100 valence electrons. The summed E-state index contributed by atoms with van der Waals surface area (Å²) < 4.78 is 43.0. The van der Waals surface area contributed by atoms with E-state index in [0.29, 0.717) is 0 Å². The number of ether oxygens (including phenoxy) is 1. The smallest absolute Gasteiger partial charge is 0.324 e. The van der Waals surface area contributed by atoms with Crippen LogP contribution in [0.1, 0.15) is 0 Å². The highest BCUT2D eigenvalue weighted by molar-refractivity contribution is 7.89. The highest BCUT2D eigenvalue weighted by Gasteiger charge is 2.25. The third-order valence-electron chi connectivity index (χ3n) is 2.04. The Bertz CT molecular complexity index is 531. The van der Waals surface area contributed by atoms with Crippen LogP contribution in [0.25, 0.3) is 0 Å². The predicted octanol–water partition coefficient (Wildman–Crippen LogP) is 0.204. The Hall–Kier alpha value is -1.51. The lowest BCUT2D eigenvalue weighted by Gasteiger charge is -2.13. The Balaban J connectivity index is 2.97. The summed E-state index contributed by atoms with van der Waals surface area (Å²) in [4.78, 5) is 10.4. The van der Waals surface area contributed by atoms with E-state index in [0.717, 1.165) is 18.2 Å². The number of hydrogen-bond acceptors (Lipinski definition) is 4. The monoisotopic (exact) mass is 277 g/mol. The molecule has 0 spiro atoms. The molecule has 2 N–H and O–H groups in total. The predicted molar refractivity (Wildman–Crippen MR) is 60.0 cm³/mol. The number of carboxylic acids is 1. The summed E-state index contributed by atoms with van der Waals surface area (Å²) >= 11 is 0. The number of methoxy groups -OCH3 is 1. The number of hydrogen-bond donors (Lipinski definition) is 2. The molecule has 8 heteroatoms. The second kappa shape index (κ2) is 5.89. The van der Waals surface area contributed by atoms with Gasteiger partial charge in [-0.3, -0.25) is 4.79 Å². The SMILES string of the molecule is COCC(NS(=O)(=O)c1cccc(F)c1)C(=O)O. The quantitative estimate of drug-likeness (QED) is 0.775. The second-order valence-electron chi connectivity index (χ2n) is 3.42. The molecule has 0 aromatic heterocycles. The fraction of sp³-hybridized carbons (Fsp3) is 0.300. The molecule has 6 nitrogen and oxygen atoms in total. The summed E-state index contributed by atoms with van der Waals surface area (Å²) in [6.07, 6.45) is 0. The van der Waals surface area contributed by atoms with Crippen LogP contribution in [0, 0.1) is 5.82 Å². The van der Waals surface area contributed by atoms with Gasteiger partial charge in [-0.2, -0.15) is 4.72 Å². The van der Waals surface area contributed by atoms with Crippen molar-refractivity contribution in [3.8, 4) is 0 Å². The first-order valence-electron chi connectivity index (χ1n) is 4.86. The van der Waals surface area contributed by atoms with E-state index in [4.69, 9.17) is 5.11 Å². The molecule has 0 radical (unpaired) electrons. The number of halogens is 1. The molecule has 0 heterocycles. The van der Waals surface area contributed by atoms with Crippen LogP contribution in [0.5, 0.6) is 0 Å². The van der Waals surface area contributed by atoms with Gasteiger partial charge in [0.15, 0.2) is 0 Å². The van der Waals surface area contributed by atoms with Crippen molar-refractivity contribution in [1.82, 2.24) is 4.72 Å². The molecular formula is C10H12FNO5S. The first-order chi connectivity index (χ1) is 8.36. The standard InChI is InChI=1S/C10H12FNO5S/c1-17-6-9(10(13)14)12-18(15,16)8-4-2-3-7(11)5-8/h2-5,9,12H,6H2,1H3,(H,13,14). The molecule has 0 saturated heterocycles. The molecule has 0 aliphatic carbocycles. The molecule has 0 fully saturated rings. The molecule has 0 bridgehead atoms. The number of aliphatic carboxylic acids is 1. The van der Waals surface area contributed by atoms with Crippen molar-refractivity contribution in [1.29, 1.82) is 0 Å². The van der Waals surface area contributed by atoms with Gasteiger partial charge in [0.25, 0.3) is 0 Å². The molecule has 1 aromatic carbocycles. The first-order valence-corrected chi connectivity index (χ1v) is 6.35. The molecule has 0 saturated carbocycles.